The van der Waals surface area contributed by atoms with Gasteiger partial charge in [0.25, 0.3) is 0 Å². The lowest BCUT2D eigenvalue weighted by Crippen LogP contribution is -2.32. The minimum absolute atomic E-state index is 0.228. The van der Waals surface area contributed by atoms with Crippen LogP contribution in [0.25, 0.3) is 0 Å². The zero-order valence-electron chi connectivity index (χ0n) is 10.8. The van der Waals surface area contributed by atoms with Crippen molar-refractivity contribution in [3.8, 4) is 0 Å². The fraction of sp³-hybridized carbons (Fsp3) is 0.833. The van der Waals surface area contributed by atoms with Gasteiger partial charge in [-0.3, -0.25) is 14.5 Å². The first-order chi connectivity index (χ1) is 8.61. The minimum Gasteiger partial charge on any atom is -0.376 e. The third-order valence-electron chi connectivity index (χ3n) is 2.76. The van der Waals surface area contributed by atoms with Crippen LogP contribution < -0.4 is 5.73 Å². The Morgan fingerprint density at radius 3 is 1.72 bits per heavy atom. The molecule has 0 aliphatic carbocycles. The normalized spacial score (nSPS) is 10.3. The third kappa shape index (κ3) is 8.95. The highest BCUT2D eigenvalue weighted by molar-refractivity contribution is 5.75. The summed E-state index contributed by atoms with van der Waals surface area (Å²) < 4.78 is 0. The lowest BCUT2D eigenvalue weighted by molar-refractivity contribution is -0.139. The molecule has 0 saturated carbocycles. The van der Waals surface area contributed by atoms with Crippen LogP contribution in [0.1, 0.15) is 51.4 Å². The number of hydrogen-bond donors (Lipinski definition) is 3. The standard InChI is InChI=1S/C12H24N2O4/c13-11(17)7-5-3-1-2-4-6-8-12(18)14(9-15)10-16/h15-16H,1-10H2,(H2,13,17). The fourth-order valence-electron chi connectivity index (χ4n) is 1.64. The van der Waals surface area contributed by atoms with Gasteiger partial charge in [-0.1, -0.05) is 25.7 Å². The average molecular weight is 260 g/mol. The number of hydrogen-bond acceptors (Lipinski definition) is 4. The quantitative estimate of drug-likeness (QED) is 0.367. The van der Waals surface area contributed by atoms with Gasteiger partial charge in [-0.15, -0.1) is 0 Å². The van der Waals surface area contributed by atoms with Gasteiger partial charge in [0.2, 0.25) is 11.8 Å². The van der Waals surface area contributed by atoms with Crippen molar-refractivity contribution in [3.63, 3.8) is 0 Å². The van der Waals surface area contributed by atoms with E-state index in [1.165, 1.54) is 0 Å². The molecule has 0 radical (unpaired) electrons. The lowest BCUT2D eigenvalue weighted by Gasteiger charge is -2.16. The Labute approximate surface area is 108 Å². The summed E-state index contributed by atoms with van der Waals surface area (Å²) in [5, 5.41) is 17.5. The average Bonchev–Trinajstić information content (AvgIpc) is 2.33. The van der Waals surface area contributed by atoms with E-state index in [2.05, 4.69) is 0 Å². The Kier molecular flexibility index (Phi) is 10.3. The van der Waals surface area contributed by atoms with Crippen LogP contribution in [0.4, 0.5) is 0 Å². The fourth-order valence-corrected chi connectivity index (χ4v) is 1.64. The van der Waals surface area contributed by atoms with E-state index in [0.29, 0.717) is 12.8 Å². The monoisotopic (exact) mass is 260 g/mol. The van der Waals surface area contributed by atoms with Gasteiger partial charge in [0.15, 0.2) is 0 Å². The molecule has 0 unspecified atom stereocenters. The van der Waals surface area contributed by atoms with Gasteiger partial charge < -0.3 is 15.9 Å². The molecule has 0 rings (SSSR count). The zero-order chi connectivity index (χ0) is 13.8. The second kappa shape index (κ2) is 11.0. The van der Waals surface area contributed by atoms with Gasteiger partial charge in [0.05, 0.1) is 0 Å². The number of rotatable bonds is 11. The molecule has 0 aromatic rings. The van der Waals surface area contributed by atoms with Gasteiger partial charge in [-0.2, -0.15) is 0 Å². The third-order valence-corrected chi connectivity index (χ3v) is 2.76. The summed E-state index contributed by atoms with van der Waals surface area (Å²) >= 11 is 0. The first-order valence-corrected chi connectivity index (χ1v) is 6.39. The first kappa shape index (κ1) is 16.9. The summed E-state index contributed by atoms with van der Waals surface area (Å²) in [5.74, 6) is -0.484. The molecule has 0 bridgehead atoms. The molecule has 106 valence electrons. The van der Waals surface area contributed by atoms with Crippen molar-refractivity contribution in [2.24, 2.45) is 5.73 Å². The number of amides is 2. The van der Waals surface area contributed by atoms with Crippen LogP contribution in [0.2, 0.25) is 0 Å². The number of unbranched alkanes of at least 4 members (excludes halogenated alkanes) is 5. The predicted molar refractivity (Wildman–Crippen MR) is 67.1 cm³/mol. The maximum absolute atomic E-state index is 11.4. The number of carbonyl (C=O) groups excluding carboxylic acids is 2. The van der Waals surface area contributed by atoms with Crippen molar-refractivity contribution >= 4 is 11.8 Å². The number of nitrogens with two attached hydrogens (primary N) is 1. The molecule has 0 fully saturated rings. The summed E-state index contributed by atoms with van der Waals surface area (Å²) in [6.07, 6.45) is 6.35. The Bertz CT molecular complexity index is 242. The Balaban J connectivity index is 3.35. The Morgan fingerprint density at radius 1 is 0.833 bits per heavy atom. The molecular weight excluding hydrogens is 236 g/mol. The van der Waals surface area contributed by atoms with Crippen LogP contribution in [0, 0.1) is 0 Å². The maximum atomic E-state index is 11.4. The van der Waals surface area contributed by atoms with Crippen LogP contribution in [-0.2, 0) is 9.59 Å². The smallest absolute Gasteiger partial charge is 0.226 e. The zero-order valence-corrected chi connectivity index (χ0v) is 10.8. The molecule has 0 spiro atoms. The summed E-state index contributed by atoms with van der Waals surface area (Å²) in [4.78, 5) is 22.8. The number of nitrogens with zero attached hydrogens (tertiary/aromatic N) is 1. The van der Waals surface area contributed by atoms with Gasteiger partial charge in [0.1, 0.15) is 13.5 Å². The number of carbonyl (C=O) groups is 2. The van der Waals surface area contributed by atoms with E-state index in [-0.39, 0.29) is 11.8 Å². The van der Waals surface area contributed by atoms with E-state index in [0.717, 1.165) is 43.4 Å². The largest absolute Gasteiger partial charge is 0.376 e. The number of aliphatic hydroxyl groups is 2. The molecule has 0 aromatic heterocycles. The first-order valence-electron chi connectivity index (χ1n) is 6.39. The molecule has 18 heavy (non-hydrogen) atoms. The van der Waals surface area contributed by atoms with E-state index in [1.54, 1.807) is 0 Å². The second-order valence-electron chi connectivity index (χ2n) is 4.30. The van der Waals surface area contributed by atoms with Crippen molar-refractivity contribution in [1.29, 1.82) is 0 Å². The molecule has 4 N–H and O–H groups in total. The summed E-state index contributed by atoms with van der Waals surface area (Å²) in [6.45, 7) is -0.884. The molecule has 6 nitrogen and oxygen atoms in total. The molecule has 0 aromatic carbocycles. The van der Waals surface area contributed by atoms with Gasteiger partial charge in [-0.25, -0.2) is 0 Å². The van der Waals surface area contributed by atoms with Crippen molar-refractivity contribution in [2.45, 2.75) is 51.4 Å². The summed E-state index contributed by atoms with van der Waals surface area (Å²) in [5.41, 5.74) is 5.02. The molecule has 2 amide bonds. The highest BCUT2D eigenvalue weighted by atomic mass is 16.3. The van der Waals surface area contributed by atoms with E-state index in [9.17, 15) is 9.59 Å². The van der Waals surface area contributed by atoms with Gasteiger partial charge in [0, 0.05) is 12.8 Å². The van der Waals surface area contributed by atoms with Crippen LogP contribution >= 0.6 is 0 Å². The molecule has 0 aliphatic heterocycles. The molecule has 0 heterocycles. The highest BCUT2D eigenvalue weighted by Crippen LogP contribution is 2.09. The number of aliphatic hydroxyl groups excluding tert-OH is 2. The molecule has 0 atom stereocenters. The van der Waals surface area contributed by atoms with E-state index >= 15 is 0 Å². The van der Waals surface area contributed by atoms with Crippen molar-refractivity contribution in [2.75, 3.05) is 13.5 Å². The predicted octanol–water partition coefficient (Wildman–Crippen LogP) is 0.321. The van der Waals surface area contributed by atoms with Gasteiger partial charge >= 0.3 is 0 Å². The molecule has 0 saturated heterocycles. The Morgan fingerprint density at radius 2 is 1.28 bits per heavy atom. The van der Waals surface area contributed by atoms with Crippen molar-refractivity contribution < 1.29 is 19.8 Å². The van der Waals surface area contributed by atoms with Crippen LogP contribution in [0.5, 0.6) is 0 Å². The lowest BCUT2D eigenvalue weighted by atomic mass is 10.1. The molecular formula is C12H24N2O4. The van der Waals surface area contributed by atoms with Crippen LogP contribution in [0.3, 0.4) is 0 Å². The summed E-state index contributed by atoms with van der Waals surface area (Å²) in [6, 6.07) is 0. The van der Waals surface area contributed by atoms with Gasteiger partial charge in [-0.05, 0) is 12.8 Å². The van der Waals surface area contributed by atoms with E-state index < -0.39 is 13.5 Å². The topological polar surface area (TPSA) is 104 Å². The number of primary amides is 1. The Hall–Kier alpha value is -1.14. The highest BCUT2D eigenvalue weighted by Gasteiger charge is 2.09. The van der Waals surface area contributed by atoms with Crippen LogP contribution in [-0.4, -0.2) is 40.4 Å². The molecule has 6 heteroatoms. The van der Waals surface area contributed by atoms with E-state index in [4.69, 9.17) is 15.9 Å². The summed E-state index contributed by atoms with van der Waals surface area (Å²) in [7, 11) is 0. The minimum atomic E-state index is -0.442. The maximum Gasteiger partial charge on any atom is 0.226 e. The van der Waals surface area contributed by atoms with E-state index in [1.807, 2.05) is 0 Å². The van der Waals surface area contributed by atoms with Crippen LogP contribution in [0.15, 0.2) is 0 Å². The second-order valence-corrected chi connectivity index (χ2v) is 4.30. The van der Waals surface area contributed by atoms with Crippen molar-refractivity contribution in [1.82, 2.24) is 4.90 Å². The van der Waals surface area contributed by atoms with Crippen molar-refractivity contribution in [3.05, 3.63) is 0 Å². The SMILES string of the molecule is NC(=O)CCCCCCCCC(=O)N(CO)CO. The molecule has 0 aliphatic rings.